The fraction of sp³-hybridized carbons (Fsp3) is 0.176. The van der Waals surface area contributed by atoms with Crippen molar-refractivity contribution in [1.82, 2.24) is 4.72 Å². The highest BCUT2D eigenvalue weighted by Crippen LogP contribution is 2.52. The molecule has 5 aromatic rings. The van der Waals surface area contributed by atoms with E-state index in [-0.39, 0.29) is 12.0 Å². The van der Waals surface area contributed by atoms with Gasteiger partial charge in [-0.1, -0.05) is 91.0 Å². The summed E-state index contributed by atoms with van der Waals surface area (Å²) in [4.78, 5) is 0.323. The van der Waals surface area contributed by atoms with E-state index in [0.717, 1.165) is 23.2 Å². The van der Waals surface area contributed by atoms with Crippen LogP contribution in [0.25, 0.3) is 21.5 Å². The summed E-state index contributed by atoms with van der Waals surface area (Å²) in [5.74, 6) is 0.458. The summed E-state index contributed by atoms with van der Waals surface area (Å²) in [6, 6.07) is 35.1. The van der Waals surface area contributed by atoms with Gasteiger partial charge in [-0.15, -0.1) is 0 Å². The first kappa shape index (κ1) is 24.1. The summed E-state index contributed by atoms with van der Waals surface area (Å²) >= 11 is 0. The summed E-state index contributed by atoms with van der Waals surface area (Å²) in [5.41, 5.74) is 4.50. The Balaban J connectivity index is 1.24. The number of sulfonamides is 1. The molecule has 0 aromatic heterocycles. The second-order valence-electron chi connectivity index (χ2n) is 10.6. The van der Waals surface area contributed by atoms with E-state index in [1.54, 1.807) is 6.07 Å². The predicted molar refractivity (Wildman–Crippen MR) is 160 cm³/mol. The van der Waals surface area contributed by atoms with Crippen molar-refractivity contribution in [2.24, 2.45) is 5.92 Å². The van der Waals surface area contributed by atoms with E-state index in [1.165, 1.54) is 27.1 Å². The number of nitrogens with one attached hydrogen (secondary N) is 2. The van der Waals surface area contributed by atoms with Gasteiger partial charge in [0.25, 0.3) is 0 Å². The lowest BCUT2D eigenvalue weighted by Crippen LogP contribution is -2.30. The van der Waals surface area contributed by atoms with E-state index in [9.17, 15) is 8.42 Å². The number of hydrogen-bond acceptors (Lipinski definition) is 3. The van der Waals surface area contributed by atoms with Crippen molar-refractivity contribution in [3.63, 3.8) is 0 Å². The minimum atomic E-state index is -3.62. The second kappa shape index (κ2) is 9.67. The molecule has 0 radical (unpaired) electrons. The normalized spacial score (nSPS) is 20.1. The van der Waals surface area contributed by atoms with Gasteiger partial charge in [0.1, 0.15) is 0 Å². The average molecular weight is 531 g/mol. The van der Waals surface area contributed by atoms with Crippen molar-refractivity contribution < 1.29 is 8.42 Å². The minimum absolute atomic E-state index is 0.111. The third-order valence-electron chi connectivity index (χ3n) is 8.32. The average Bonchev–Trinajstić information content (AvgIpc) is 3.46. The van der Waals surface area contributed by atoms with Gasteiger partial charge < -0.3 is 5.32 Å². The van der Waals surface area contributed by atoms with E-state index in [4.69, 9.17) is 0 Å². The molecule has 2 aliphatic rings. The summed E-state index contributed by atoms with van der Waals surface area (Å²) in [5, 5.41) is 8.87. The zero-order valence-corrected chi connectivity index (χ0v) is 22.4. The summed E-state index contributed by atoms with van der Waals surface area (Å²) in [6.45, 7) is 0.365. The zero-order valence-electron chi connectivity index (χ0n) is 21.5. The van der Waals surface area contributed by atoms with Crippen LogP contribution in [0.15, 0.2) is 120 Å². The van der Waals surface area contributed by atoms with Gasteiger partial charge in [-0.2, -0.15) is 0 Å². The monoisotopic (exact) mass is 530 g/mol. The second-order valence-corrected chi connectivity index (χ2v) is 12.4. The summed E-state index contributed by atoms with van der Waals surface area (Å²) in [7, 11) is -3.62. The maximum Gasteiger partial charge on any atom is 0.240 e. The lowest BCUT2D eigenvalue weighted by atomic mass is 9.75. The Hall–Kier alpha value is -3.93. The van der Waals surface area contributed by atoms with Crippen LogP contribution in [0.2, 0.25) is 0 Å². The van der Waals surface area contributed by atoms with Gasteiger partial charge in [-0.25, -0.2) is 13.1 Å². The maximum absolute atomic E-state index is 13.2. The molecule has 5 heteroatoms. The number of allylic oxidation sites excluding steroid dienone is 2. The molecule has 194 valence electrons. The SMILES string of the molecule is O=S(=O)(NCCc1ccccc1)c1ccc2c(c1)C1C=CCC1C(c1c3ccccc3cc3ccccc13)N2. The van der Waals surface area contributed by atoms with Crippen molar-refractivity contribution in [2.75, 3.05) is 11.9 Å². The number of benzene rings is 5. The number of anilines is 1. The molecule has 0 saturated heterocycles. The maximum atomic E-state index is 13.2. The van der Waals surface area contributed by atoms with Crippen molar-refractivity contribution in [2.45, 2.75) is 29.7 Å². The highest BCUT2D eigenvalue weighted by Gasteiger charge is 2.39. The molecule has 3 unspecified atom stereocenters. The molecular weight excluding hydrogens is 500 g/mol. The first-order chi connectivity index (χ1) is 19.1. The van der Waals surface area contributed by atoms with Crippen LogP contribution in [0.4, 0.5) is 5.69 Å². The lowest BCUT2D eigenvalue weighted by molar-refractivity contribution is 0.428. The van der Waals surface area contributed by atoms with E-state index in [0.29, 0.717) is 23.8 Å². The van der Waals surface area contributed by atoms with Crippen LogP contribution in [0.3, 0.4) is 0 Å². The van der Waals surface area contributed by atoms with Gasteiger partial charge in [0.2, 0.25) is 10.0 Å². The molecular formula is C34H30N2O2S. The summed E-state index contributed by atoms with van der Waals surface area (Å²) in [6.07, 6.45) is 6.13. The van der Waals surface area contributed by atoms with Crippen molar-refractivity contribution in [3.8, 4) is 0 Å². The molecule has 7 rings (SSSR count). The summed E-state index contributed by atoms with van der Waals surface area (Å²) < 4.78 is 29.3. The molecule has 3 atom stereocenters. The van der Waals surface area contributed by atoms with Crippen LogP contribution in [0, 0.1) is 5.92 Å². The quantitative estimate of drug-likeness (QED) is 0.178. The Morgan fingerprint density at radius 3 is 2.23 bits per heavy atom. The van der Waals surface area contributed by atoms with Gasteiger partial charge in [0.15, 0.2) is 0 Å². The third kappa shape index (κ3) is 4.32. The van der Waals surface area contributed by atoms with Gasteiger partial charge in [-0.3, -0.25) is 0 Å². The first-order valence-electron chi connectivity index (χ1n) is 13.6. The number of rotatable bonds is 6. The topological polar surface area (TPSA) is 58.2 Å². The van der Waals surface area contributed by atoms with Gasteiger partial charge in [-0.05, 0) is 81.3 Å². The van der Waals surface area contributed by atoms with Crippen LogP contribution in [-0.4, -0.2) is 15.0 Å². The smallest absolute Gasteiger partial charge is 0.240 e. The molecule has 5 aromatic carbocycles. The zero-order chi connectivity index (χ0) is 26.4. The molecule has 0 amide bonds. The van der Waals surface area contributed by atoms with E-state index < -0.39 is 10.0 Å². The van der Waals surface area contributed by atoms with Crippen molar-refractivity contribution in [1.29, 1.82) is 0 Å². The number of hydrogen-bond donors (Lipinski definition) is 2. The molecule has 0 bridgehead atoms. The van der Waals surface area contributed by atoms with Crippen LogP contribution in [0.1, 0.15) is 35.1 Å². The van der Waals surface area contributed by atoms with Gasteiger partial charge in [0, 0.05) is 18.2 Å². The van der Waals surface area contributed by atoms with Crippen LogP contribution < -0.4 is 10.0 Å². The van der Waals surface area contributed by atoms with E-state index in [2.05, 4.69) is 76.8 Å². The van der Waals surface area contributed by atoms with Crippen molar-refractivity contribution in [3.05, 3.63) is 132 Å². The Kier molecular flexibility index (Phi) is 5.98. The largest absolute Gasteiger partial charge is 0.378 e. The van der Waals surface area contributed by atoms with Crippen molar-refractivity contribution >= 4 is 37.3 Å². The molecule has 0 fully saturated rings. The third-order valence-corrected chi connectivity index (χ3v) is 9.78. The fourth-order valence-corrected chi connectivity index (χ4v) is 7.53. The molecule has 0 spiro atoms. The Morgan fingerprint density at radius 2 is 1.49 bits per heavy atom. The molecule has 39 heavy (non-hydrogen) atoms. The van der Waals surface area contributed by atoms with Gasteiger partial charge in [0.05, 0.1) is 10.9 Å². The van der Waals surface area contributed by atoms with Crippen LogP contribution in [-0.2, 0) is 16.4 Å². The standard InChI is InChI=1S/C34H30N2O2S/c37-39(38,35-20-19-23-9-2-1-3-10-23)26-17-18-32-31(22-26)29-15-8-16-30(29)34(36-32)33-27-13-6-4-11-24(27)21-25-12-5-7-14-28(25)33/h1-15,17-18,21-22,29-30,34-36H,16,19-20H2. The van der Waals surface area contributed by atoms with Crippen LogP contribution >= 0.6 is 0 Å². The lowest BCUT2D eigenvalue weighted by Gasteiger charge is -2.38. The predicted octanol–water partition coefficient (Wildman–Crippen LogP) is 7.34. The molecule has 1 aliphatic heterocycles. The number of fused-ring (bicyclic) bond motifs is 5. The van der Waals surface area contributed by atoms with Crippen LogP contribution in [0.5, 0.6) is 0 Å². The molecule has 1 aliphatic carbocycles. The Bertz CT molecular complexity index is 1780. The molecule has 0 saturated carbocycles. The first-order valence-corrected chi connectivity index (χ1v) is 15.1. The molecule has 4 nitrogen and oxygen atoms in total. The Labute approximate surface area is 229 Å². The molecule has 1 heterocycles. The highest BCUT2D eigenvalue weighted by atomic mass is 32.2. The van der Waals surface area contributed by atoms with E-state index >= 15 is 0 Å². The highest BCUT2D eigenvalue weighted by molar-refractivity contribution is 7.89. The minimum Gasteiger partial charge on any atom is -0.378 e. The molecule has 2 N–H and O–H groups in total. The Morgan fingerprint density at radius 1 is 0.795 bits per heavy atom. The van der Waals surface area contributed by atoms with Gasteiger partial charge >= 0.3 is 0 Å². The fourth-order valence-electron chi connectivity index (χ4n) is 6.47. The van der Waals surface area contributed by atoms with E-state index in [1.807, 2.05) is 42.5 Å².